The van der Waals surface area contributed by atoms with Crippen molar-refractivity contribution in [3.8, 4) is 0 Å². The SMILES string of the molecule is CN(C)CCCNC(CC(=O)OCCC(F)(F)C(F)(F)C(F)(F)C(F)(F)F)C(=O)OCCC(F)(F)C(F)(F)C(F)(F)C(F)(F)F. The highest BCUT2D eigenvalue weighted by Gasteiger charge is 2.82. The van der Waals surface area contributed by atoms with Crippen LogP contribution in [-0.2, 0) is 19.1 Å². The van der Waals surface area contributed by atoms with Gasteiger partial charge in [0.25, 0.3) is 0 Å². The maximum Gasteiger partial charge on any atom is 0.460 e. The van der Waals surface area contributed by atoms with Crippen LogP contribution in [0.5, 0.6) is 0 Å². The molecule has 6 nitrogen and oxygen atoms in total. The molecule has 268 valence electrons. The molecule has 0 aliphatic carbocycles. The first kappa shape index (κ1) is 42.6. The summed E-state index contributed by atoms with van der Waals surface area (Å²) in [5, 5.41) is 2.20. The van der Waals surface area contributed by atoms with Gasteiger partial charge in [-0.05, 0) is 33.6 Å². The minimum Gasteiger partial charge on any atom is -0.465 e. The number of hydrogen-bond acceptors (Lipinski definition) is 6. The largest absolute Gasteiger partial charge is 0.465 e. The number of ether oxygens (including phenoxy) is 2. The first-order valence-corrected chi connectivity index (χ1v) is 11.9. The highest BCUT2D eigenvalue weighted by atomic mass is 19.4. The molecule has 0 bridgehead atoms. The standard InChI is InChI=1S/C21H24F18N2O4/c1-41(2)7-3-6-40-11(13(43)45-9-5-15(24,25)17(28,29)19(32,33)21(37,38)39)10-12(42)44-8-4-14(22,23)16(26,27)18(30,31)20(34,35)36/h11,40H,3-10H2,1-2H3. The summed E-state index contributed by atoms with van der Waals surface area (Å²) in [6.07, 6.45) is -20.8. The molecule has 0 rings (SSSR count). The van der Waals surface area contributed by atoms with Gasteiger partial charge in [-0.1, -0.05) is 0 Å². The van der Waals surface area contributed by atoms with Crippen LogP contribution in [0.2, 0.25) is 0 Å². The van der Waals surface area contributed by atoms with Gasteiger partial charge in [-0.3, -0.25) is 9.59 Å². The van der Waals surface area contributed by atoms with Crippen molar-refractivity contribution in [2.24, 2.45) is 0 Å². The van der Waals surface area contributed by atoms with Crippen LogP contribution in [0.4, 0.5) is 79.0 Å². The fourth-order valence-corrected chi connectivity index (χ4v) is 2.94. The van der Waals surface area contributed by atoms with Gasteiger partial charge in [0.1, 0.15) is 6.04 Å². The summed E-state index contributed by atoms with van der Waals surface area (Å²) in [5.41, 5.74) is 0. The van der Waals surface area contributed by atoms with Gasteiger partial charge in [0.15, 0.2) is 0 Å². The number of halogens is 18. The molecule has 0 aromatic rings. The molecular weight excluding hydrogens is 686 g/mol. The molecule has 45 heavy (non-hydrogen) atoms. The molecule has 0 saturated carbocycles. The Kier molecular flexibility index (Phi) is 13.8. The van der Waals surface area contributed by atoms with Crippen molar-refractivity contribution in [1.29, 1.82) is 0 Å². The van der Waals surface area contributed by atoms with Gasteiger partial charge in [0.05, 0.1) is 32.5 Å². The topological polar surface area (TPSA) is 67.9 Å². The molecule has 24 heteroatoms. The first-order valence-electron chi connectivity index (χ1n) is 11.9. The number of rotatable bonds is 18. The summed E-state index contributed by atoms with van der Waals surface area (Å²) in [5.74, 6) is -44.5. The Balaban J connectivity index is 5.51. The predicted molar refractivity (Wildman–Crippen MR) is 113 cm³/mol. The third-order valence-corrected chi connectivity index (χ3v) is 5.59. The lowest BCUT2D eigenvalue weighted by Crippen LogP contribution is -2.61. The van der Waals surface area contributed by atoms with Crippen LogP contribution >= 0.6 is 0 Å². The maximum absolute atomic E-state index is 13.6. The molecule has 0 aliphatic heterocycles. The molecule has 0 radical (unpaired) electrons. The van der Waals surface area contributed by atoms with Crippen LogP contribution in [0.1, 0.15) is 25.7 Å². The van der Waals surface area contributed by atoms with Gasteiger partial charge in [0, 0.05) is 0 Å². The molecule has 0 aromatic heterocycles. The fraction of sp³-hybridized carbons (Fsp3) is 0.905. The number of carbonyl (C=O) groups is 2. The van der Waals surface area contributed by atoms with Crippen molar-refractivity contribution >= 4 is 11.9 Å². The highest BCUT2D eigenvalue weighted by molar-refractivity contribution is 5.82. The average molecular weight is 710 g/mol. The van der Waals surface area contributed by atoms with Crippen molar-refractivity contribution in [3.05, 3.63) is 0 Å². The fourth-order valence-electron chi connectivity index (χ4n) is 2.94. The molecule has 0 amide bonds. The lowest BCUT2D eigenvalue weighted by atomic mass is 10.0. The van der Waals surface area contributed by atoms with Crippen molar-refractivity contribution < 1.29 is 98.1 Å². The lowest BCUT2D eigenvalue weighted by Gasteiger charge is -2.33. The van der Waals surface area contributed by atoms with Gasteiger partial charge in [-0.25, -0.2) is 0 Å². The molecule has 0 heterocycles. The van der Waals surface area contributed by atoms with E-state index in [1.807, 2.05) is 0 Å². The Labute approximate surface area is 241 Å². The maximum atomic E-state index is 13.6. The molecular formula is C21H24F18N2O4. The molecule has 0 aliphatic rings. The van der Waals surface area contributed by atoms with Crippen LogP contribution in [-0.4, -0.2) is 111 Å². The van der Waals surface area contributed by atoms with E-state index in [0.717, 1.165) is 0 Å². The van der Waals surface area contributed by atoms with Gasteiger partial charge in [-0.2, -0.15) is 79.0 Å². The second-order valence-corrected chi connectivity index (χ2v) is 9.46. The number of nitrogens with one attached hydrogen (secondary N) is 1. The minimum atomic E-state index is -7.24. The molecule has 1 N–H and O–H groups in total. The van der Waals surface area contributed by atoms with E-state index >= 15 is 0 Å². The molecule has 0 fully saturated rings. The van der Waals surface area contributed by atoms with E-state index in [2.05, 4.69) is 14.8 Å². The van der Waals surface area contributed by atoms with E-state index in [0.29, 0.717) is 0 Å². The monoisotopic (exact) mass is 710 g/mol. The summed E-state index contributed by atoms with van der Waals surface area (Å²) in [4.78, 5) is 25.7. The third-order valence-electron chi connectivity index (χ3n) is 5.59. The highest BCUT2D eigenvalue weighted by Crippen LogP contribution is 2.55. The average Bonchev–Trinajstić information content (AvgIpc) is 2.83. The Morgan fingerprint density at radius 1 is 0.622 bits per heavy atom. The zero-order chi connectivity index (χ0) is 36.1. The Morgan fingerprint density at radius 2 is 1.00 bits per heavy atom. The predicted octanol–water partition coefficient (Wildman–Crippen LogP) is 6.09. The molecule has 1 unspecified atom stereocenters. The zero-order valence-corrected chi connectivity index (χ0v) is 22.6. The first-order chi connectivity index (χ1) is 19.8. The summed E-state index contributed by atoms with van der Waals surface area (Å²) >= 11 is 0. The van der Waals surface area contributed by atoms with Gasteiger partial charge in [-0.15, -0.1) is 0 Å². The van der Waals surface area contributed by atoms with Crippen molar-refractivity contribution in [2.75, 3.05) is 40.4 Å². The van der Waals surface area contributed by atoms with Crippen LogP contribution in [0.3, 0.4) is 0 Å². The van der Waals surface area contributed by atoms with Gasteiger partial charge >= 0.3 is 59.8 Å². The van der Waals surface area contributed by atoms with Crippen molar-refractivity contribution in [2.45, 2.75) is 79.6 Å². The van der Waals surface area contributed by atoms with Crippen molar-refractivity contribution in [3.63, 3.8) is 0 Å². The number of carbonyl (C=O) groups excluding carboxylic acids is 2. The number of alkyl halides is 18. The summed E-state index contributed by atoms with van der Waals surface area (Å²) in [6.45, 7) is -3.95. The number of esters is 2. The summed E-state index contributed by atoms with van der Waals surface area (Å²) < 4.78 is 241. The van der Waals surface area contributed by atoms with E-state index in [4.69, 9.17) is 0 Å². The Hall–Kier alpha value is -2.40. The second kappa shape index (κ2) is 14.6. The normalized spacial score (nSPS) is 15.3. The van der Waals surface area contributed by atoms with E-state index in [1.54, 1.807) is 19.0 Å². The number of nitrogens with zero attached hydrogens (tertiary/aromatic N) is 1. The molecule has 1 atom stereocenters. The van der Waals surface area contributed by atoms with Gasteiger partial charge in [0.2, 0.25) is 0 Å². The van der Waals surface area contributed by atoms with Crippen LogP contribution in [0.25, 0.3) is 0 Å². The second-order valence-electron chi connectivity index (χ2n) is 9.46. The van der Waals surface area contributed by atoms with Crippen LogP contribution < -0.4 is 5.32 Å². The van der Waals surface area contributed by atoms with Crippen LogP contribution in [0.15, 0.2) is 0 Å². The third kappa shape index (κ3) is 10.0. The van der Waals surface area contributed by atoms with E-state index < -0.39 is 98.3 Å². The summed E-state index contributed by atoms with van der Waals surface area (Å²) in [6, 6.07) is -2.10. The van der Waals surface area contributed by atoms with E-state index in [9.17, 15) is 88.6 Å². The number of hydrogen-bond donors (Lipinski definition) is 1. The van der Waals surface area contributed by atoms with Crippen molar-refractivity contribution in [1.82, 2.24) is 10.2 Å². The molecule has 0 spiro atoms. The van der Waals surface area contributed by atoms with Gasteiger partial charge < -0.3 is 19.7 Å². The summed E-state index contributed by atoms with van der Waals surface area (Å²) in [7, 11) is 3.09. The Bertz CT molecular complexity index is 982. The van der Waals surface area contributed by atoms with Crippen LogP contribution in [0, 0.1) is 0 Å². The smallest absolute Gasteiger partial charge is 0.460 e. The quantitative estimate of drug-likeness (QED) is 0.106. The van der Waals surface area contributed by atoms with E-state index in [1.165, 1.54) is 0 Å². The van der Waals surface area contributed by atoms with E-state index in [-0.39, 0.29) is 19.5 Å². The molecule has 0 aromatic carbocycles. The lowest BCUT2D eigenvalue weighted by molar-refractivity contribution is -0.397. The zero-order valence-electron chi connectivity index (χ0n) is 22.6. The molecule has 0 saturated heterocycles. The minimum absolute atomic E-state index is 0.109. The Morgan fingerprint density at radius 3 is 1.36 bits per heavy atom.